The van der Waals surface area contributed by atoms with Crippen molar-refractivity contribution in [3.05, 3.63) is 36.4 Å². The summed E-state index contributed by atoms with van der Waals surface area (Å²) in [5.41, 5.74) is 8.18. The number of ether oxygens (including phenoxy) is 3. The van der Waals surface area contributed by atoms with E-state index in [2.05, 4.69) is 5.32 Å². The average Bonchev–Trinajstić information content (AvgIpc) is 2.49. The monoisotopic (exact) mass is 274 g/mol. The molecule has 5 nitrogen and oxygen atoms in total. The van der Waals surface area contributed by atoms with Gasteiger partial charge in [0.1, 0.15) is 17.2 Å². The van der Waals surface area contributed by atoms with Gasteiger partial charge in [0.15, 0.2) is 0 Å². The molecular weight excluding hydrogens is 256 g/mol. The third-order valence-corrected chi connectivity index (χ3v) is 2.94. The zero-order valence-electron chi connectivity index (χ0n) is 11.8. The fourth-order valence-electron chi connectivity index (χ4n) is 1.83. The minimum Gasteiger partial charge on any atom is -0.497 e. The Balaban J connectivity index is 2.29. The normalized spacial score (nSPS) is 9.95. The molecule has 0 amide bonds. The molecule has 2 aromatic rings. The predicted molar refractivity (Wildman–Crippen MR) is 80.2 cm³/mol. The highest BCUT2D eigenvalue weighted by Crippen LogP contribution is 2.34. The van der Waals surface area contributed by atoms with Crippen molar-refractivity contribution >= 4 is 17.1 Å². The van der Waals surface area contributed by atoms with Crippen molar-refractivity contribution in [3.63, 3.8) is 0 Å². The standard InChI is InChI=1S/C15H18N2O3/c1-18-10-4-6-13(12(16)8-10)17-14-7-5-11(19-2)9-15(14)20-3/h4-9,17H,16H2,1-3H3. The van der Waals surface area contributed by atoms with Gasteiger partial charge in [-0.05, 0) is 24.3 Å². The van der Waals surface area contributed by atoms with Crippen LogP contribution in [0.2, 0.25) is 0 Å². The third-order valence-electron chi connectivity index (χ3n) is 2.94. The summed E-state index contributed by atoms with van der Waals surface area (Å²) in [5.74, 6) is 2.13. The van der Waals surface area contributed by atoms with E-state index in [1.807, 2.05) is 30.3 Å². The molecular formula is C15H18N2O3. The van der Waals surface area contributed by atoms with Gasteiger partial charge in [-0.3, -0.25) is 0 Å². The van der Waals surface area contributed by atoms with Gasteiger partial charge in [-0.25, -0.2) is 0 Å². The van der Waals surface area contributed by atoms with Crippen molar-refractivity contribution in [2.45, 2.75) is 0 Å². The van der Waals surface area contributed by atoms with Crippen LogP contribution in [0.3, 0.4) is 0 Å². The number of hydrogen-bond acceptors (Lipinski definition) is 5. The lowest BCUT2D eigenvalue weighted by molar-refractivity contribution is 0.395. The van der Waals surface area contributed by atoms with Gasteiger partial charge in [-0.1, -0.05) is 0 Å². The van der Waals surface area contributed by atoms with Gasteiger partial charge in [0, 0.05) is 12.1 Å². The van der Waals surface area contributed by atoms with Crippen LogP contribution in [0.15, 0.2) is 36.4 Å². The molecule has 0 bridgehead atoms. The molecule has 0 saturated heterocycles. The van der Waals surface area contributed by atoms with E-state index in [-0.39, 0.29) is 0 Å². The van der Waals surface area contributed by atoms with E-state index in [1.54, 1.807) is 27.4 Å². The van der Waals surface area contributed by atoms with Crippen LogP contribution in [-0.2, 0) is 0 Å². The molecule has 0 unspecified atom stereocenters. The number of hydrogen-bond donors (Lipinski definition) is 2. The highest BCUT2D eigenvalue weighted by atomic mass is 16.5. The molecule has 0 aliphatic rings. The molecule has 5 heteroatoms. The molecule has 106 valence electrons. The maximum Gasteiger partial charge on any atom is 0.145 e. The van der Waals surface area contributed by atoms with E-state index in [1.165, 1.54) is 0 Å². The number of anilines is 3. The summed E-state index contributed by atoms with van der Waals surface area (Å²) in [5, 5.41) is 3.23. The van der Waals surface area contributed by atoms with Gasteiger partial charge in [0.05, 0.1) is 38.4 Å². The van der Waals surface area contributed by atoms with Crippen LogP contribution in [0.1, 0.15) is 0 Å². The van der Waals surface area contributed by atoms with Crippen LogP contribution in [0.5, 0.6) is 17.2 Å². The number of methoxy groups -OCH3 is 3. The molecule has 0 heterocycles. The maximum absolute atomic E-state index is 5.98. The van der Waals surface area contributed by atoms with Crippen molar-refractivity contribution in [3.8, 4) is 17.2 Å². The second-order valence-corrected chi connectivity index (χ2v) is 4.14. The van der Waals surface area contributed by atoms with Gasteiger partial charge >= 0.3 is 0 Å². The number of nitrogens with two attached hydrogens (primary N) is 1. The van der Waals surface area contributed by atoms with Crippen LogP contribution in [0, 0.1) is 0 Å². The summed E-state index contributed by atoms with van der Waals surface area (Å²) in [6.07, 6.45) is 0. The number of nitrogens with one attached hydrogen (secondary N) is 1. The van der Waals surface area contributed by atoms with E-state index in [9.17, 15) is 0 Å². The van der Waals surface area contributed by atoms with E-state index < -0.39 is 0 Å². The molecule has 2 aromatic carbocycles. The first-order valence-electron chi connectivity index (χ1n) is 6.10. The highest BCUT2D eigenvalue weighted by Gasteiger charge is 2.07. The molecule has 3 N–H and O–H groups in total. The average molecular weight is 274 g/mol. The molecule has 20 heavy (non-hydrogen) atoms. The van der Waals surface area contributed by atoms with Gasteiger partial charge in [-0.15, -0.1) is 0 Å². The van der Waals surface area contributed by atoms with E-state index in [4.69, 9.17) is 19.9 Å². The first-order valence-corrected chi connectivity index (χ1v) is 6.10. The Morgan fingerprint density at radius 2 is 1.40 bits per heavy atom. The molecule has 0 fully saturated rings. The Bertz CT molecular complexity index is 600. The van der Waals surface area contributed by atoms with Crippen LogP contribution in [-0.4, -0.2) is 21.3 Å². The number of benzene rings is 2. The van der Waals surface area contributed by atoms with E-state index in [0.717, 1.165) is 22.9 Å². The molecule has 2 rings (SSSR count). The smallest absolute Gasteiger partial charge is 0.145 e. The molecule has 0 aliphatic heterocycles. The Hall–Kier alpha value is -2.56. The fourth-order valence-corrected chi connectivity index (χ4v) is 1.83. The Morgan fingerprint density at radius 1 is 0.800 bits per heavy atom. The SMILES string of the molecule is COc1ccc(Nc2ccc(OC)cc2OC)c(N)c1. The molecule has 0 atom stereocenters. The van der Waals surface area contributed by atoms with E-state index >= 15 is 0 Å². The quantitative estimate of drug-likeness (QED) is 0.820. The lowest BCUT2D eigenvalue weighted by Gasteiger charge is -2.14. The summed E-state index contributed by atoms with van der Waals surface area (Å²) in [6.45, 7) is 0. The lowest BCUT2D eigenvalue weighted by Crippen LogP contribution is -1.99. The minimum absolute atomic E-state index is 0.599. The molecule has 0 saturated carbocycles. The summed E-state index contributed by atoms with van der Waals surface area (Å²) >= 11 is 0. The second kappa shape index (κ2) is 6.06. The summed E-state index contributed by atoms with van der Waals surface area (Å²) in [4.78, 5) is 0. The number of nitrogen functional groups attached to an aromatic ring is 1. The van der Waals surface area contributed by atoms with Gasteiger partial charge in [0.2, 0.25) is 0 Å². The second-order valence-electron chi connectivity index (χ2n) is 4.14. The molecule has 0 aliphatic carbocycles. The number of rotatable bonds is 5. The zero-order chi connectivity index (χ0) is 14.5. The molecule has 0 aromatic heterocycles. The summed E-state index contributed by atoms with van der Waals surface area (Å²) < 4.78 is 15.6. The third kappa shape index (κ3) is 2.88. The van der Waals surface area contributed by atoms with Crippen molar-refractivity contribution in [1.29, 1.82) is 0 Å². The Kier molecular flexibility index (Phi) is 4.20. The summed E-state index contributed by atoms with van der Waals surface area (Å²) in [7, 11) is 4.83. The van der Waals surface area contributed by atoms with Crippen LogP contribution < -0.4 is 25.3 Å². The Morgan fingerprint density at radius 3 is 1.95 bits per heavy atom. The van der Waals surface area contributed by atoms with Gasteiger partial charge in [-0.2, -0.15) is 0 Å². The predicted octanol–water partition coefficient (Wildman–Crippen LogP) is 3.04. The highest BCUT2D eigenvalue weighted by molar-refractivity contribution is 5.76. The summed E-state index contributed by atoms with van der Waals surface area (Å²) in [6, 6.07) is 11.0. The fraction of sp³-hybridized carbons (Fsp3) is 0.200. The maximum atomic E-state index is 5.98. The van der Waals surface area contributed by atoms with Gasteiger partial charge < -0.3 is 25.3 Å². The largest absolute Gasteiger partial charge is 0.497 e. The lowest BCUT2D eigenvalue weighted by atomic mass is 10.2. The van der Waals surface area contributed by atoms with Crippen molar-refractivity contribution < 1.29 is 14.2 Å². The first-order chi connectivity index (χ1) is 9.67. The topological polar surface area (TPSA) is 65.7 Å². The van der Waals surface area contributed by atoms with Crippen LogP contribution in [0.4, 0.5) is 17.1 Å². The van der Waals surface area contributed by atoms with Crippen molar-refractivity contribution in [2.24, 2.45) is 0 Å². The van der Waals surface area contributed by atoms with Crippen molar-refractivity contribution in [2.75, 3.05) is 32.4 Å². The zero-order valence-corrected chi connectivity index (χ0v) is 11.8. The van der Waals surface area contributed by atoms with Gasteiger partial charge in [0.25, 0.3) is 0 Å². The van der Waals surface area contributed by atoms with E-state index in [0.29, 0.717) is 11.4 Å². The first kappa shape index (κ1) is 13.9. The molecule has 0 radical (unpaired) electrons. The minimum atomic E-state index is 0.599. The van der Waals surface area contributed by atoms with Crippen molar-refractivity contribution in [1.82, 2.24) is 0 Å². The van der Waals surface area contributed by atoms with Crippen LogP contribution in [0.25, 0.3) is 0 Å². The Labute approximate surface area is 118 Å². The molecule has 0 spiro atoms. The van der Waals surface area contributed by atoms with Crippen LogP contribution >= 0.6 is 0 Å².